The van der Waals surface area contributed by atoms with Gasteiger partial charge in [0.15, 0.2) is 0 Å². The van der Waals surface area contributed by atoms with E-state index in [0.29, 0.717) is 6.54 Å². The van der Waals surface area contributed by atoms with Crippen LogP contribution in [-0.4, -0.2) is 62.8 Å². The minimum atomic E-state index is -0.862. The van der Waals surface area contributed by atoms with Gasteiger partial charge in [0.05, 0.1) is 6.61 Å². The van der Waals surface area contributed by atoms with Crippen molar-refractivity contribution in [1.82, 2.24) is 9.80 Å². The van der Waals surface area contributed by atoms with Gasteiger partial charge >= 0.3 is 6.09 Å². The van der Waals surface area contributed by atoms with E-state index in [0.717, 1.165) is 29.7 Å². The van der Waals surface area contributed by atoms with Gasteiger partial charge in [-0.15, -0.1) is 0 Å². The molecule has 0 saturated carbocycles. The maximum atomic E-state index is 12.8. The van der Waals surface area contributed by atoms with Gasteiger partial charge in [-0.1, -0.05) is 194 Å². The van der Waals surface area contributed by atoms with Gasteiger partial charge in [0.25, 0.3) is 0 Å². The number of hydrogen-bond acceptors (Lipinski definition) is 4. The van der Waals surface area contributed by atoms with E-state index in [1.165, 1.54) is 101 Å². The predicted octanol–water partition coefficient (Wildman–Crippen LogP) is 11.3. The van der Waals surface area contributed by atoms with Gasteiger partial charge in [0.1, 0.15) is 11.7 Å². The third-order valence-electron chi connectivity index (χ3n) is 9.57. The van der Waals surface area contributed by atoms with Gasteiger partial charge in [0, 0.05) is 20.6 Å². The van der Waals surface area contributed by atoms with Gasteiger partial charge in [-0.25, -0.2) is 4.79 Å². The molecule has 3 aromatic carbocycles. The Labute approximate surface area is 299 Å². The Bertz CT molecular complexity index is 1140. The zero-order chi connectivity index (χ0) is 35.0. The summed E-state index contributed by atoms with van der Waals surface area (Å²) in [6.45, 7) is 4.11. The van der Waals surface area contributed by atoms with E-state index >= 15 is 0 Å². The van der Waals surface area contributed by atoms with Crippen LogP contribution in [0.3, 0.4) is 0 Å². The number of carbonyl (C=O) groups is 1. The molecule has 5 nitrogen and oxygen atoms in total. The number of carbonyl (C=O) groups excluding carboxylic acids is 1. The SMILES string of the molecule is CCCCCCCCCCCCCCCCCCN(C)CC(COC(c1ccccc1)(c1ccccc1)c1ccccc1)OC(=O)N(C)C. The van der Waals surface area contributed by atoms with Crippen LogP contribution in [0.25, 0.3) is 0 Å². The van der Waals surface area contributed by atoms with E-state index < -0.39 is 11.7 Å². The van der Waals surface area contributed by atoms with Gasteiger partial charge < -0.3 is 19.3 Å². The van der Waals surface area contributed by atoms with Crippen molar-refractivity contribution in [1.29, 1.82) is 0 Å². The first-order chi connectivity index (χ1) is 24.0. The molecule has 1 unspecified atom stereocenters. The number of rotatable bonds is 26. The third kappa shape index (κ3) is 14.7. The molecule has 0 aliphatic rings. The van der Waals surface area contributed by atoms with Crippen LogP contribution in [0.15, 0.2) is 91.0 Å². The van der Waals surface area contributed by atoms with Crippen molar-refractivity contribution in [2.75, 3.05) is 40.8 Å². The molecule has 49 heavy (non-hydrogen) atoms. The fourth-order valence-corrected chi connectivity index (χ4v) is 6.73. The van der Waals surface area contributed by atoms with Crippen LogP contribution in [0.4, 0.5) is 4.79 Å². The van der Waals surface area contributed by atoms with Gasteiger partial charge in [-0.3, -0.25) is 0 Å². The van der Waals surface area contributed by atoms with E-state index in [-0.39, 0.29) is 12.7 Å². The van der Waals surface area contributed by atoms with Crippen LogP contribution >= 0.6 is 0 Å². The number of hydrogen-bond donors (Lipinski definition) is 0. The average Bonchev–Trinajstić information content (AvgIpc) is 3.13. The summed E-state index contributed by atoms with van der Waals surface area (Å²) in [6.07, 6.45) is 21.1. The number of benzene rings is 3. The number of ether oxygens (including phenoxy) is 2. The molecule has 0 aliphatic heterocycles. The molecule has 3 aromatic rings. The lowest BCUT2D eigenvalue weighted by Gasteiger charge is -2.37. The van der Waals surface area contributed by atoms with Gasteiger partial charge in [0.2, 0.25) is 0 Å². The lowest BCUT2D eigenvalue weighted by atomic mass is 9.80. The monoisotopic (exact) mass is 671 g/mol. The Morgan fingerprint density at radius 2 is 0.939 bits per heavy atom. The highest BCUT2D eigenvalue weighted by molar-refractivity contribution is 5.67. The summed E-state index contributed by atoms with van der Waals surface area (Å²) in [7, 11) is 5.58. The van der Waals surface area contributed by atoms with E-state index in [1.54, 1.807) is 14.1 Å². The van der Waals surface area contributed by atoms with Crippen LogP contribution in [0, 0.1) is 0 Å². The summed E-state index contributed by atoms with van der Waals surface area (Å²) in [5.41, 5.74) is 2.24. The van der Waals surface area contributed by atoms with Crippen molar-refractivity contribution in [3.05, 3.63) is 108 Å². The van der Waals surface area contributed by atoms with E-state index in [9.17, 15) is 4.79 Å². The summed E-state index contributed by atoms with van der Waals surface area (Å²) in [5.74, 6) is 0. The zero-order valence-corrected chi connectivity index (χ0v) is 31.3. The standard InChI is InChI=1S/C44H66N2O3/c1-5-6-7-8-9-10-11-12-13-14-15-16-17-18-19-29-36-46(4)37-42(49-43(47)45(2)3)38-48-44(39-30-23-20-24-31-39,40-32-25-21-26-33-40)41-34-27-22-28-35-41/h20-28,30-35,42H,5-19,29,36-38H2,1-4H3. The van der Waals surface area contributed by atoms with Crippen molar-refractivity contribution in [3.8, 4) is 0 Å². The van der Waals surface area contributed by atoms with Crippen LogP contribution in [-0.2, 0) is 15.1 Å². The van der Waals surface area contributed by atoms with Crippen molar-refractivity contribution in [2.45, 2.75) is 121 Å². The van der Waals surface area contributed by atoms with E-state index in [1.807, 2.05) is 18.2 Å². The molecule has 0 fully saturated rings. The van der Waals surface area contributed by atoms with Crippen molar-refractivity contribution in [3.63, 3.8) is 0 Å². The molecule has 0 bridgehead atoms. The smallest absolute Gasteiger partial charge is 0.409 e. The zero-order valence-electron chi connectivity index (χ0n) is 31.3. The largest absolute Gasteiger partial charge is 0.442 e. The molecule has 0 spiro atoms. The molecule has 0 aliphatic carbocycles. The highest BCUT2D eigenvalue weighted by Crippen LogP contribution is 2.40. The Morgan fingerprint density at radius 1 is 0.571 bits per heavy atom. The Hall–Kier alpha value is -3.15. The second-order valence-electron chi connectivity index (χ2n) is 14.1. The van der Waals surface area contributed by atoms with E-state index in [4.69, 9.17) is 9.47 Å². The molecule has 0 heterocycles. The first-order valence-electron chi connectivity index (χ1n) is 19.3. The number of nitrogens with zero attached hydrogens (tertiary/aromatic N) is 2. The highest BCUT2D eigenvalue weighted by atomic mass is 16.6. The van der Waals surface area contributed by atoms with Crippen LogP contribution in [0.2, 0.25) is 0 Å². The molecular weight excluding hydrogens is 604 g/mol. The van der Waals surface area contributed by atoms with Gasteiger partial charge in [-0.2, -0.15) is 0 Å². The molecule has 0 radical (unpaired) electrons. The number of likely N-dealkylation sites (N-methyl/N-ethyl adjacent to an activating group) is 1. The Balaban J connectivity index is 1.49. The van der Waals surface area contributed by atoms with E-state index in [2.05, 4.69) is 91.7 Å². The molecular formula is C44H66N2O3. The average molecular weight is 671 g/mol. The second kappa shape index (κ2) is 24.1. The van der Waals surface area contributed by atoms with Crippen molar-refractivity contribution < 1.29 is 14.3 Å². The maximum Gasteiger partial charge on any atom is 0.409 e. The molecule has 1 atom stereocenters. The lowest BCUT2D eigenvalue weighted by Crippen LogP contribution is -2.42. The van der Waals surface area contributed by atoms with Crippen LogP contribution in [0.1, 0.15) is 126 Å². The molecule has 0 aromatic heterocycles. The Kier molecular flexibility index (Phi) is 19.8. The number of amides is 1. The third-order valence-corrected chi connectivity index (χ3v) is 9.57. The molecule has 3 rings (SSSR count). The fraction of sp³-hybridized carbons (Fsp3) is 0.568. The molecule has 270 valence electrons. The van der Waals surface area contributed by atoms with Crippen molar-refractivity contribution >= 4 is 6.09 Å². The highest BCUT2D eigenvalue weighted by Gasteiger charge is 2.38. The summed E-state index contributed by atoms with van der Waals surface area (Å²) >= 11 is 0. The first-order valence-corrected chi connectivity index (χ1v) is 19.3. The lowest BCUT2D eigenvalue weighted by molar-refractivity contribution is -0.0537. The summed E-state index contributed by atoms with van der Waals surface area (Å²) < 4.78 is 13.1. The normalized spacial score (nSPS) is 12.3. The maximum absolute atomic E-state index is 12.8. The molecule has 0 N–H and O–H groups in total. The summed E-state index contributed by atoms with van der Waals surface area (Å²) in [6, 6.07) is 31.1. The molecule has 0 saturated heterocycles. The number of unbranched alkanes of at least 4 members (excludes halogenated alkanes) is 15. The quantitative estimate of drug-likeness (QED) is 0.0630. The first kappa shape index (κ1) is 40.3. The Morgan fingerprint density at radius 3 is 1.31 bits per heavy atom. The minimum absolute atomic E-state index is 0.252. The van der Waals surface area contributed by atoms with Gasteiger partial charge in [-0.05, 0) is 36.7 Å². The second-order valence-corrected chi connectivity index (χ2v) is 14.1. The topological polar surface area (TPSA) is 42.0 Å². The summed E-state index contributed by atoms with van der Waals surface area (Å²) in [5, 5.41) is 0. The fourth-order valence-electron chi connectivity index (χ4n) is 6.73. The molecule has 1 amide bonds. The molecule has 5 heteroatoms. The van der Waals surface area contributed by atoms with Crippen LogP contribution in [0.5, 0.6) is 0 Å². The van der Waals surface area contributed by atoms with Crippen LogP contribution < -0.4 is 0 Å². The summed E-state index contributed by atoms with van der Waals surface area (Å²) in [4.78, 5) is 16.6. The predicted molar refractivity (Wildman–Crippen MR) is 206 cm³/mol. The van der Waals surface area contributed by atoms with Crippen molar-refractivity contribution in [2.24, 2.45) is 0 Å². The minimum Gasteiger partial charge on any atom is -0.442 e.